The lowest BCUT2D eigenvalue weighted by atomic mass is 10.1. The van der Waals surface area contributed by atoms with Crippen LogP contribution >= 0.6 is 0 Å². The number of hydrogen-bond acceptors (Lipinski definition) is 2. The molecule has 0 atom stereocenters. The molecule has 20 heavy (non-hydrogen) atoms. The average Bonchev–Trinajstić information content (AvgIpc) is 2.49. The molecule has 0 amide bonds. The number of aryl methyl sites for hydroxylation is 1. The second-order valence-corrected chi connectivity index (χ2v) is 4.97. The second-order valence-electron chi connectivity index (χ2n) is 4.97. The van der Waals surface area contributed by atoms with E-state index in [2.05, 4.69) is 31.2 Å². The van der Waals surface area contributed by atoms with Gasteiger partial charge in [-0.15, -0.1) is 0 Å². The van der Waals surface area contributed by atoms with E-state index < -0.39 is 0 Å². The van der Waals surface area contributed by atoms with E-state index in [0.29, 0.717) is 13.0 Å². The Morgan fingerprint density at radius 1 is 0.800 bits per heavy atom. The molecule has 1 N–H and O–H groups in total. The van der Waals surface area contributed by atoms with Gasteiger partial charge >= 0.3 is 0 Å². The minimum Gasteiger partial charge on any atom is -0.489 e. The van der Waals surface area contributed by atoms with Crippen LogP contribution in [0.25, 0.3) is 0 Å². The van der Waals surface area contributed by atoms with E-state index in [1.54, 1.807) is 0 Å². The molecule has 2 heteroatoms. The van der Waals surface area contributed by atoms with E-state index in [-0.39, 0.29) is 6.61 Å². The second kappa shape index (κ2) is 7.71. The summed E-state index contributed by atoms with van der Waals surface area (Å²) in [4.78, 5) is 0. The van der Waals surface area contributed by atoms with Gasteiger partial charge in [-0.3, -0.25) is 0 Å². The Morgan fingerprint density at radius 3 is 1.95 bits per heavy atom. The highest BCUT2D eigenvalue weighted by Crippen LogP contribution is 2.15. The van der Waals surface area contributed by atoms with E-state index >= 15 is 0 Å². The van der Waals surface area contributed by atoms with Crippen molar-refractivity contribution in [3.05, 3.63) is 65.2 Å². The summed E-state index contributed by atoms with van der Waals surface area (Å²) in [6, 6.07) is 16.5. The molecule has 0 heterocycles. The molecule has 0 saturated carbocycles. The van der Waals surface area contributed by atoms with Crippen LogP contribution in [-0.4, -0.2) is 11.7 Å². The minimum absolute atomic E-state index is 0.185. The third-order valence-electron chi connectivity index (χ3n) is 3.29. The summed E-state index contributed by atoms with van der Waals surface area (Å²) in [5.41, 5.74) is 3.69. The highest BCUT2D eigenvalue weighted by Gasteiger charge is 1.98. The summed E-state index contributed by atoms with van der Waals surface area (Å²) in [7, 11) is 0. The van der Waals surface area contributed by atoms with Gasteiger partial charge in [-0.2, -0.15) is 0 Å². The van der Waals surface area contributed by atoms with Crippen LogP contribution in [0.15, 0.2) is 48.5 Å². The number of aliphatic hydroxyl groups is 1. The van der Waals surface area contributed by atoms with E-state index in [4.69, 9.17) is 9.84 Å². The first-order chi connectivity index (χ1) is 9.81. The topological polar surface area (TPSA) is 29.5 Å². The molecule has 0 bridgehead atoms. The molecule has 0 fully saturated rings. The molecular formula is C18H22O2. The van der Waals surface area contributed by atoms with Gasteiger partial charge in [0.2, 0.25) is 0 Å². The van der Waals surface area contributed by atoms with Crippen molar-refractivity contribution in [2.24, 2.45) is 0 Å². The van der Waals surface area contributed by atoms with Gasteiger partial charge in [-0.05, 0) is 41.7 Å². The number of benzene rings is 2. The number of hydrogen-bond donors (Lipinski definition) is 1. The summed E-state index contributed by atoms with van der Waals surface area (Å²) in [6.45, 7) is 2.97. The van der Waals surface area contributed by atoms with Crippen molar-refractivity contribution in [3.8, 4) is 5.75 Å². The first-order valence-electron chi connectivity index (χ1n) is 7.22. The zero-order valence-corrected chi connectivity index (χ0v) is 12.0. The lowest BCUT2D eigenvalue weighted by Gasteiger charge is -2.08. The molecule has 2 rings (SSSR count). The molecule has 0 radical (unpaired) electrons. The SMILES string of the molecule is CCCc1ccc(COc2ccc(CCO)cc2)cc1. The zero-order valence-electron chi connectivity index (χ0n) is 12.0. The van der Waals surface area contributed by atoms with Crippen LogP contribution in [0.2, 0.25) is 0 Å². The number of rotatable bonds is 7. The highest BCUT2D eigenvalue weighted by molar-refractivity contribution is 5.28. The lowest BCUT2D eigenvalue weighted by Crippen LogP contribution is -1.96. The zero-order chi connectivity index (χ0) is 14.2. The fourth-order valence-corrected chi connectivity index (χ4v) is 2.14. The first kappa shape index (κ1) is 14.6. The highest BCUT2D eigenvalue weighted by atomic mass is 16.5. The van der Waals surface area contributed by atoms with Crippen molar-refractivity contribution in [1.29, 1.82) is 0 Å². The van der Waals surface area contributed by atoms with E-state index in [1.165, 1.54) is 17.5 Å². The van der Waals surface area contributed by atoms with Gasteiger partial charge in [-0.1, -0.05) is 49.7 Å². The fourth-order valence-electron chi connectivity index (χ4n) is 2.14. The van der Waals surface area contributed by atoms with Crippen LogP contribution in [0.3, 0.4) is 0 Å². The normalized spacial score (nSPS) is 10.5. The monoisotopic (exact) mass is 270 g/mol. The van der Waals surface area contributed by atoms with Crippen LogP contribution in [-0.2, 0) is 19.4 Å². The Bertz CT molecular complexity index is 450. The molecule has 0 aromatic heterocycles. The molecule has 106 valence electrons. The Morgan fingerprint density at radius 2 is 1.35 bits per heavy atom. The molecule has 0 spiro atoms. The van der Waals surface area contributed by atoms with Gasteiger partial charge < -0.3 is 9.84 Å². The van der Waals surface area contributed by atoms with Crippen molar-refractivity contribution in [1.82, 2.24) is 0 Å². The molecular weight excluding hydrogens is 248 g/mol. The van der Waals surface area contributed by atoms with Gasteiger partial charge in [0.05, 0.1) is 0 Å². The summed E-state index contributed by atoms with van der Waals surface area (Å²) in [6.07, 6.45) is 3.00. The predicted octanol–water partition coefficient (Wildman–Crippen LogP) is 3.75. The molecule has 0 aliphatic carbocycles. The van der Waals surface area contributed by atoms with Crippen molar-refractivity contribution in [2.75, 3.05) is 6.61 Å². The van der Waals surface area contributed by atoms with Crippen LogP contribution in [0.4, 0.5) is 0 Å². The van der Waals surface area contributed by atoms with E-state index in [1.807, 2.05) is 24.3 Å². The largest absolute Gasteiger partial charge is 0.489 e. The van der Waals surface area contributed by atoms with Crippen LogP contribution in [0.5, 0.6) is 5.75 Å². The summed E-state index contributed by atoms with van der Waals surface area (Å²) in [5.74, 6) is 0.865. The average molecular weight is 270 g/mol. The van der Waals surface area contributed by atoms with Crippen molar-refractivity contribution < 1.29 is 9.84 Å². The standard InChI is InChI=1S/C18H22O2/c1-2-3-15-4-6-17(7-5-15)14-20-18-10-8-16(9-11-18)12-13-19/h4-11,19H,2-3,12-14H2,1H3. The van der Waals surface area contributed by atoms with E-state index in [0.717, 1.165) is 17.7 Å². The van der Waals surface area contributed by atoms with Gasteiger partial charge in [0, 0.05) is 6.61 Å². The van der Waals surface area contributed by atoms with Gasteiger partial charge in [0.25, 0.3) is 0 Å². The third kappa shape index (κ3) is 4.39. The lowest BCUT2D eigenvalue weighted by molar-refractivity contribution is 0.298. The maximum absolute atomic E-state index is 8.87. The van der Waals surface area contributed by atoms with Crippen molar-refractivity contribution >= 4 is 0 Å². The van der Waals surface area contributed by atoms with Crippen LogP contribution < -0.4 is 4.74 Å². The van der Waals surface area contributed by atoms with Crippen molar-refractivity contribution in [2.45, 2.75) is 32.8 Å². The molecule has 2 aromatic carbocycles. The molecule has 0 aliphatic heterocycles. The van der Waals surface area contributed by atoms with Gasteiger partial charge in [-0.25, -0.2) is 0 Å². The predicted molar refractivity (Wildman–Crippen MR) is 82.0 cm³/mol. The van der Waals surface area contributed by atoms with Gasteiger partial charge in [0.15, 0.2) is 0 Å². The van der Waals surface area contributed by atoms with E-state index in [9.17, 15) is 0 Å². The Hall–Kier alpha value is -1.80. The summed E-state index contributed by atoms with van der Waals surface area (Å²) >= 11 is 0. The molecule has 0 unspecified atom stereocenters. The van der Waals surface area contributed by atoms with Crippen molar-refractivity contribution in [3.63, 3.8) is 0 Å². The Kier molecular flexibility index (Phi) is 5.63. The number of ether oxygens (including phenoxy) is 1. The molecule has 0 aliphatic rings. The quantitative estimate of drug-likeness (QED) is 0.830. The minimum atomic E-state index is 0.185. The number of aliphatic hydroxyl groups excluding tert-OH is 1. The smallest absolute Gasteiger partial charge is 0.119 e. The Balaban J connectivity index is 1.87. The molecule has 0 saturated heterocycles. The maximum atomic E-state index is 8.87. The summed E-state index contributed by atoms with van der Waals surface area (Å²) in [5, 5.41) is 8.87. The Labute approximate surface area is 121 Å². The summed E-state index contributed by atoms with van der Waals surface area (Å²) < 4.78 is 5.76. The van der Waals surface area contributed by atoms with Crippen LogP contribution in [0.1, 0.15) is 30.0 Å². The fraction of sp³-hybridized carbons (Fsp3) is 0.333. The van der Waals surface area contributed by atoms with Crippen LogP contribution in [0, 0.1) is 0 Å². The van der Waals surface area contributed by atoms with Gasteiger partial charge in [0.1, 0.15) is 12.4 Å². The first-order valence-corrected chi connectivity index (χ1v) is 7.22. The molecule has 2 aromatic rings. The molecule has 2 nitrogen and oxygen atoms in total. The maximum Gasteiger partial charge on any atom is 0.119 e. The third-order valence-corrected chi connectivity index (χ3v) is 3.29.